The minimum atomic E-state index is -4.81. The maximum Gasteiger partial charge on any atom is 0.420 e. The fourth-order valence-corrected chi connectivity index (χ4v) is 8.45. The van der Waals surface area contributed by atoms with Gasteiger partial charge in [0.1, 0.15) is 10.4 Å². The van der Waals surface area contributed by atoms with Crippen LogP contribution in [0.1, 0.15) is 34.1 Å². The molecular formula is C29H35F3N6O4S2. The summed E-state index contributed by atoms with van der Waals surface area (Å²) in [4.78, 5) is 26.4. The molecule has 5 rings (SSSR count). The third-order valence-electron chi connectivity index (χ3n) is 8.11. The summed E-state index contributed by atoms with van der Waals surface area (Å²) < 4.78 is 73.1. The van der Waals surface area contributed by atoms with E-state index in [0.717, 1.165) is 43.4 Å². The number of aryl methyl sites for hydroxylation is 1. The van der Waals surface area contributed by atoms with E-state index < -0.39 is 33.2 Å². The second-order valence-electron chi connectivity index (χ2n) is 11.0. The van der Waals surface area contributed by atoms with Gasteiger partial charge in [0.15, 0.2) is 9.84 Å². The van der Waals surface area contributed by atoms with Gasteiger partial charge < -0.3 is 19.9 Å². The number of carbonyl (C=O) groups excluding carboxylic acids is 1. The first-order chi connectivity index (χ1) is 20.8. The highest BCUT2D eigenvalue weighted by Crippen LogP contribution is 2.42. The van der Waals surface area contributed by atoms with Gasteiger partial charge in [0, 0.05) is 63.9 Å². The molecule has 1 aromatic carbocycles. The number of carbonyl (C=O) groups is 1. The zero-order valence-electron chi connectivity index (χ0n) is 24.9. The Kier molecular flexibility index (Phi) is 9.21. The van der Waals surface area contributed by atoms with E-state index >= 15 is 0 Å². The number of halogens is 3. The molecule has 1 amide bonds. The Morgan fingerprint density at radius 1 is 1.23 bits per heavy atom. The van der Waals surface area contributed by atoms with E-state index in [9.17, 15) is 26.4 Å². The second kappa shape index (κ2) is 12.6. The SMILES string of the molecule is CCc1cc(N2CCC(N(C)CCOC)C2)ccc1Nc1ncc(C(F)(F)F)c(-c2cc3c(s2)C(=O)N(C)CCS3(=O)=O)n1. The summed E-state index contributed by atoms with van der Waals surface area (Å²) in [5.41, 5.74) is 1.03. The molecule has 0 radical (unpaired) electrons. The predicted molar refractivity (Wildman–Crippen MR) is 164 cm³/mol. The van der Waals surface area contributed by atoms with Crippen molar-refractivity contribution in [3.05, 3.63) is 46.5 Å². The normalized spacial score (nSPS) is 18.5. The van der Waals surface area contributed by atoms with Crippen molar-refractivity contribution in [1.29, 1.82) is 0 Å². The first-order valence-electron chi connectivity index (χ1n) is 14.2. The second-order valence-corrected chi connectivity index (χ2v) is 14.1. The van der Waals surface area contributed by atoms with Crippen LogP contribution in [-0.4, -0.2) is 99.9 Å². The number of anilines is 3. The van der Waals surface area contributed by atoms with Crippen LogP contribution in [-0.2, 0) is 27.2 Å². The lowest BCUT2D eigenvalue weighted by Gasteiger charge is -2.25. The molecule has 2 aromatic heterocycles. The summed E-state index contributed by atoms with van der Waals surface area (Å²) in [6, 6.07) is 7.42. The summed E-state index contributed by atoms with van der Waals surface area (Å²) in [5.74, 6) is -0.956. The number of fused-ring (bicyclic) bond motifs is 1. The van der Waals surface area contributed by atoms with E-state index in [-0.39, 0.29) is 32.9 Å². The predicted octanol–water partition coefficient (Wildman–Crippen LogP) is 4.55. The highest BCUT2D eigenvalue weighted by Gasteiger charge is 2.38. The zero-order chi connectivity index (χ0) is 31.8. The fourth-order valence-electron chi connectivity index (χ4n) is 5.42. The highest BCUT2D eigenvalue weighted by molar-refractivity contribution is 7.91. The Labute approximate surface area is 258 Å². The van der Waals surface area contributed by atoms with Crippen LogP contribution < -0.4 is 10.2 Å². The maximum atomic E-state index is 14.1. The van der Waals surface area contributed by atoms with Crippen molar-refractivity contribution in [2.45, 2.75) is 36.9 Å². The number of amides is 1. The minimum Gasteiger partial charge on any atom is -0.383 e. The van der Waals surface area contributed by atoms with Gasteiger partial charge >= 0.3 is 6.18 Å². The van der Waals surface area contributed by atoms with Gasteiger partial charge in [0.2, 0.25) is 5.95 Å². The smallest absolute Gasteiger partial charge is 0.383 e. The lowest BCUT2D eigenvalue weighted by Crippen LogP contribution is -2.36. The Balaban J connectivity index is 1.45. The lowest BCUT2D eigenvalue weighted by atomic mass is 10.1. The first-order valence-corrected chi connectivity index (χ1v) is 16.7. The number of ether oxygens (including phenoxy) is 1. The van der Waals surface area contributed by atoms with Gasteiger partial charge in [-0.25, -0.2) is 18.4 Å². The van der Waals surface area contributed by atoms with E-state index in [4.69, 9.17) is 4.74 Å². The summed E-state index contributed by atoms with van der Waals surface area (Å²) in [7, 11) is 1.37. The molecule has 44 heavy (non-hydrogen) atoms. The molecule has 10 nitrogen and oxygen atoms in total. The lowest BCUT2D eigenvalue weighted by molar-refractivity contribution is -0.137. The summed E-state index contributed by atoms with van der Waals surface area (Å²) in [6.45, 7) is 5.29. The molecule has 1 fully saturated rings. The number of aromatic nitrogens is 2. The molecule has 1 unspecified atom stereocenters. The van der Waals surface area contributed by atoms with E-state index in [0.29, 0.717) is 42.3 Å². The number of benzene rings is 1. The average molecular weight is 653 g/mol. The van der Waals surface area contributed by atoms with E-state index in [2.05, 4.69) is 38.2 Å². The van der Waals surface area contributed by atoms with E-state index in [1.54, 1.807) is 7.11 Å². The Hall–Kier alpha value is -3.27. The molecule has 0 bridgehead atoms. The monoisotopic (exact) mass is 652 g/mol. The number of thiophene rings is 1. The summed E-state index contributed by atoms with van der Waals surface area (Å²) in [6.07, 6.45) is -2.45. The quantitative estimate of drug-likeness (QED) is 0.357. The van der Waals surface area contributed by atoms with Crippen LogP contribution in [0, 0.1) is 0 Å². The largest absolute Gasteiger partial charge is 0.420 e. The third kappa shape index (κ3) is 6.55. The van der Waals surface area contributed by atoms with Crippen molar-refractivity contribution >= 4 is 44.4 Å². The molecule has 238 valence electrons. The van der Waals surface area contributed by atoms with Gasteiger partial charge in [0.05, 0.1) is 27.8 Å². The Bertz CT molecular complexity index is 1650. The number of hydrogen-bond donors (Lipinski definition) is 1. The van der Waals surface area contributed by atoms with Gasteiger partial charge in [-0.05, 0) is 49.7 Å². The van der Waals surface area contributed by atoms with Crippen molar-refractivity contribution in [2.75, 3.05) is 70.0 Å². The number of nitrogens with one attached hydrogen (secondary N) is 1. The number of rotatable bonds is 9. The van der Waals surface area contributed by atoms with E-state index in [1.807, 2.05) is 19.1 Å². The maximum absolute atomic E-state index is 14.1. The van der Waals surface area contributed by atoms with Crippen LogP contribution in [0.5, 0.6) is 0 Å². The summed E-state index contributed by atoms with van der Waals surface area (Å²) in [5, 5.41) is 3.07. The number of sulfone groups is 1. The third-order valence-corrected chi connectivity index (χ3v) is 11.1. The average Bonchev–Trinajstić information content (AvgIpc) is 3.65. The number of hydrogen-bond acceptors (Lipinski definition) is 10. The Morgan fingerprint density at radius 3 is 2.70 bits per heavy atom. The molecule has 0 spiro atoms. The first kappa shape index (κ1) is 32.1. The van der Waals surface area contributed by atoms with Gasteiger partial charge in [-0.1, -0.05) is 6.92 Å². The van der Waals surface area contributed by atoms with Crippen molar-refractivity contribution in [3.8, 4) is 10.6 Å². The highest BCUT2D eigenvalue weighted by atomic mass is 32.2. The number of methoxy groups -OCH3 is 1. The molecule has 15 heteroatoms. The van der Waals surface area contributed by atoms with Crippen LogP contribution in [0.3, 0.4) is 0 Å². The molecule has 1 atom stereocenters. The van der Waals surface area contributed by atoms with Crippen LogP contribution in [0.2, 0.25) is 0 Å². The van der Waals surface area contributed by atoms with Gasteiger partial charge in [-0.2, -0.15) is 13.2 Å². The number of nitrogens with zero attached hydrogens (tertiary/aromatic N) is 5. The van der Waals surface area contributed by atoms with Crippen LogP contribution in [0.15, 0.2) is 35.4 Å². The topological polar surface area (TPSA) is 108 Å². The minimum absolute atomic E-state index is 0.00436. The van der Waals surface area contributed by atoms with E-state index in [1.165, 1.54) is 11.9 Å². The van der Waals surface area contributed by atoms with Crippen LogP contribution in [0.25, 0.3) is 10.6 Å². The molecule has 0 aliphatic carbocycles. The van der Waals surface area contributed by atoms with Crippen molar-refractivity contribution in [3.63, 3.8) is 0 Å². The molecule has 2 aliphatic rings. The van der Waals surface area contributed by atoms with Gasteiger partial charge in [-0.3, -0.25) is 9.69 Å². The molecule has 4 heterocycles. The fraction of sp³-hybridized carbons (Fsp3) is 0.483. The molecule has 1 saturated heterocycles. The summed E-state index contributed by atoms with van der Waals surface area (Å²) >= 11 is 0.687. The van der Waals surface area contributed by atoms with Gasteiger partial charge in [0.25, 0.3) is 5.91 Å². The van der Waals surface area contributed by atoms with Crippen molar-refractivity contribution in [1.82, 2.24) is 19.8 Å². The van der Waals surface area contributed by atoms with Crippen LogP contribution in [0.4, 0.5) is 30.5 Å². The van der Waals surface area contributed by atoms with Crippen molar-refractivity contribution < 1.29 is 31.1 Å². The standard InChI is InChI=1S/C29H35F3N6O4S2/c1-5-18-14-19(38-9-8-20(17-38)36(2)10-12-42-4)6-7-22(18)34-28-33-16-21(29(30,31)32)25(35-28)23-15-24-26(43-23)27(39)37(3)11-13-44(24,40)41/h6-7,14-16,20H,5,8-13,17H2,1-4H3,(H,33,34,35). The molecule has 1 N–H and O–H groups in total. The molecule has 3 aromatic rings. The number of likely N-dealkylation sites (N-methyl/N-ethyl adjacent to an activating group) is 1. The molecule has 2 aliphatic heterocycles. The van der Waals surface area contributed by atoms with Crippen LogP contribution >= 0.6 is 11.3 Å². The molecule has 0 saturated carbocycles. The Morgan fingerprint density at radius 2 is 2.00 bits per heavy atom. The van der Waals surface area contributed by atoms with Crippen molar-refractivity contribution in [2.24, 2.45) is 0 Å². The zero-order valence-corrected chi connectivity index (χ0v) is 26.6. The number of alkyl halides is 3. The molecular weight excluding hydrogens is 617 g/mol. The van der Waals surface area contributed by atoms with Gasteiger partial charge in [-0.15, -0.1) is 11.3 Å².